The molecule has 0 aliphatic heterocycles. The van der Waals surface area contributed by atoms with Gasteiger partial charge < -0.3 is 0 Å². The van der Waals surface area contributed by atoms with Crippen LogP contribution < -0.4 is 0 Å². The van der Waals surface area contributed by atoms with Crippen molar-refractivity contribution in [3.8, 4) is 0 Å². The largest absolute Gasteiger partial charge is 0.0985 e. The van der Waals surface area contributed by atoms with Crippen molar-refractivity contribution >= 4 is 6.08 Å². The lowest BCUT2D eigenvalue weighted by Crippen LogP contribution is -1.72. The molecule has 0 saturated heterocycles. The van der Waals surface area contributed by atoms with Crippen molar-refractivity contribution < 1.29 is 0 Å². The van der Waals surface area contributed by atoms with Crippen LogP contribution in [-0.4, -0.2) is 0 Å². The Balaban J connectivity index is 0. The van der Waals surface area contributed by atoms with Gasteiger partial charge in [-0.05, 0) is 12.5 Å². The molecule has 0 amide bonds. The predicted molar refractivity (Wildman–Crippen MR) is 64.0 cm³/mol. The summed E-state index contributed by atoms with van der Waals surface area (Å²) in [7, 11) is 0. The molecule has 13 heavy (non-hydrogen) atoms. The first-order valence-corrected chi connectivity index (χ1v) is 5.02. The molecule has 0 aromatic heterocycles. The van der Waals surface area contributed by atoms with Crippen molar-refractivity contribution in [3.05, 3.63) is 42.0 Å². The fourth-order valence-corrected chi connectivity index (χ4v) is 0.797. The Kier molecular flexibility index (Phi) is 12.2. The van der Waals surface area contributed by atoms with Crippen molar-refractivity contribution in [3.63, 3.8) is 0 Å². The molecule has 0 heterocycles. The maximum atomic E-state index is 3.67. The summed E-state index contributed by atoms with van der Waals surface area (Å²) in [5.74, 6) is 0. The molecule has 0 bridgehead atoms. The average Bonchev–Trinajstić information content (AvgIpc) is 2.24. The van der Waals surface area contributed by atoms with Gasteiger partial charge in [0.1, 0.15) is 0 Å². The highest BCUT2D eigenvalue weighted by Crippen LogP contribution is 2.03. The molecule has 0 N–H and O–H groups in total. The van der Waals surface area contributed by atoms with E-state index in [2.05, 4.69) is 25.6 Å². The number of benzene rings is 1. The van der Waals surface area contributed by atoms with Crippen LogP contribution in [0.1, 0.15) is 38.8 Å². The van der Waals surface area contributed by atoms with E-state index in [1.54, 1.807) is 0 Å². The van der Waals surface area contributed by atoms with Gasteiger partial charge in [-0.1, -0.05) is 70.2 Å². The summed E-state index contributed by atoms with van der Waals surface area (Å²) in [4.78, 5) is 0. The zero-order valence-corrected chi connectivity index (χ0v) is 9.59. The van der Waals surface area contributed by atoms with E-state index in [4.69, 9.17) is 0 Å². The third-order valence-electron chi connectivity index (χ3n) is 1.28. The van der Waals surface area contributed by atoms with Gasteiger partial charge in [0.25, 0.3) is 0 Å². The van der Waals surface area contributed by atoms with Crippen molar-refractivity contribution in [2.24, 2.45) is 0 Å². The number of aryl methyl sites for hydroxylation is 1. The van der Waals surface area contributed by atoms with Gasteiger partial charge in [0.15, 0.2) is 0 Å². The van der Waals surface area contributed by atoms with Crippen LogP contribution in [-0.2, 0) is 0 Å². The number of hydrogen-bond donors (Lipinski definition) is 0. The molecule has 0 fully saturated rings. The molecule has 1 rings (SSSR count). The third-order valence-corrected chi connectivity index (χ3v) is 1.28. The maximum absolute atomic E-state index is 3.67. The summed E-state index contributed by atoms with van der Waals surface area (Å²) in [6.07, 6.45) is 1.85. The van der Waals surface area contributed by atoms with Crippen LogP contribution in [0.2, 0.25) is 0 Å². The Hall–Kier alpha value is -1.04. The van der Waals surface area contributed by atoms with Gasteiger partial charge in [-0.15, -0.1) is 0 Å². The van der Waals surface area contributed by atoms with Gasteiger partial charge >= 0.3 is 0 Å². The van der Waals surface area contributed by atoms with E-state index < -0.39 is 0 Å². The second-order valence-corrected chi connectivity index (χ2v) is 2.12. The van der Waals surface area contributed by atoms with Gasteiger partial charge in [0.05, 0.1) is 0 Å². The molecule has 0 heteroatoms. The van der Waals surface area contributed by atoms with Crippen LogP contribution in [0, 0.1) is 6.92 Å². The summed E-state index contributed by atoms with van der Waals surface area (Å²) >= 11 is 0. The molecule has 0 unspecified atom stereocenters. The minimum Gasteiger partial charge on any atom is -0.0985 e. The van der Waals surface area contributed by atoms with Gasteiger partial charge in [-0.25, -0.2) is 0 Å². The minimum absolute atomic E-state index is 1.19. The summed E-state index contributed by atoms with van der Waals surface area (Å²) < 4.78 is 0. The highest BCUT2D eigenvalue weighted by molar-refractivity contribution is 5.47. The van der Waals surface area contributed by atoms with Gasteiger partial charge in [-0.2, -0.15) is 0 Å². The summed E-state index contributed by atoms with van der Waals surface area (Å²) in [6, 6.07) is 8.26. The predicted octanol–water partition coefficient (Wildman–Crippen LogP) is 4.69. The van der Waals surface area contributed by atoms with Crippen molar-refractivity contribution in [2.45, 2.75) is 34.6 Å². The lowest BCUT2D eigenvalue weighted by molar-refractivity contribution is 1.46. The quantitative estimate of drug-likeness (QED) is 0.585. The van der Waals surface area contributed by atoms with Crippen LogP contribution >= 0.6 is 0 Å². The fraction of sp³-hybridized carbons (Fsp3) is 0.385. The molecule has 0 aliphatic carbocycles. The lowest BCUT2D eigenvalue weighted by Gasteiger charge is -1.92. The van der Waals surface area contributed by atoms with Crippen LogP contribution in [0.4, 0.5) is 0 Å². The SMILES string of the molecule is C=Cc1cccc(C)c1.CC.CC. The van der Waals surface area contributed by atoms with Gasteiger partial charge in [0, 0.05) is 0 Å². The fourth-order valence-electron chi connectivity index (χ4n) is 0.797. The number of rotatable bonds is 1. The second-order valence-electron chi connectivity index (χ2n) is 2.12. The van der Waals surface area contributed by atoms with E-state index in [-0.39, 0.29) is 0 Å². The maximum Gasteiger partial charge on any atom is -0.0260 e. The molecule has 0 spiro atoms. The van der Waals surface area contributed by atoms with Crippen LogP contribution in [0.5, 0.6) is 0 Å². The van der Waals surface area contributed by atoms with Crippen molar-refractivity contribution in [1.82, 2.24) is 0 Å². The topological polar surface area (TPSA) is 0 Å². The van der Waals surface area contributed by atoms with E-state index in [0.717, 1.165) is 0 Å². The smallest absolute Gasteiger partial charge is 0.0260 e. The summed E-state index contributed by atoms with van der Waals surface area (Å²) in [6.45, 7) is 13.7. The zero-order chi connectivity index (χ0) is 10.7. The molecule has 0 saturated carbocycles. The molecule has 0 nitrogen and oxygen atoms in total. The molecular weight excluding hydrogens is 156 g/mol. The van der Waals surface area contributed by atoms with E-state index >= 15 is 0 Å². The average molecular weight is 178 g/mol. The minimum atomic E-state index is 1.19. The Morgan fingerprint density at radius 2 is 1.62 bits per heavy atom. The van der Waals surface area contributed by atoms with E-state index in [1.165, 1.54) is 11.1 Å². The normalized spacial score (nSPS) is 7.15. The standard InChI is InChI=1S/C9H10.2C2H6/c1-3-9-6-4-5-8(2)7-9;2*1-2/h3-7H,1H2,2H3;2*1-2H3. The lowest BCUT2D eigenvalue weighted by atomic mass is 10.1. The second kappa shape index (κ2) is 11.0. The third kappa shape index (κ3) is 7.32. The molecule has 0 atom stereocenters. The highest BCUT2D eigenvalue weighted by atomic mass is 13.9. The molecule has 1 aromatic carbocycles. The summed E-state index contributed by atoms with van der Waals surface area (Å²) in [5, 5.41) is 0. The first-order valence-electron chi connectivity index (χ1n) is 5.02. The van der Waals surface area contributed by atoms with E-state index in [1.807, 2.05) is 45.9 Å². The highest BCUT2D eigenvalue weighted by Gasteiger charge is 1.83. The van der Waals surface area contributed by atoms with Crippen molar-refractivity contribution in [2.75, 3.05) is 0 Å². The first kappa shape index (κ1) is 14.5. The van der Waals surface area contributed by atoms with Gasteiger partial charge in [0.2, 0.25) is 0 Å². The van der Waals surface area contributed by atoms with Crippen molar-refractivity contribution in [1.29, 1.82) is 0 Å². The Morgan fingerprint density at radius 3 is 1.92 bits per heavy atom. The van der Waals surface area contributed by atoms with Crippen LogP contribution in [0.25, 0.3) is 6.08 Å². The molecule has 0 radical (unpaired) electrons. The molecule has 1 aromatic rings. The molecular formula is C13H22. The zero-order valence-electron chi connectivity index (χ0n) is 9.59. The summed E-state index contributed by atoms with van der Waals surface area (Å²) in [5.41, 5.74) is 2.47. The number of hydrogen-bond acceptors (Lipinski definition) is 0. The Bertz CT molecular complexity index is 211. The van der Waals surface area contributed by atoms with E-state index in [0.29, 0.717) is 0 Å². The van der Waals surface area contributed by atoms with Crippen LogP contribution in [0.3, 0.4) is 0 Å². The monoisotopic (exact) mass is 178 g/mol. The first-order chi connectivity index (χ1) is 6.33. The Labute approximate surface area is 83.3 Å². The van der Waals surface area contributed by atoms with Gasteiger partial charge in [-0.3, -0.25) is 0 Å². The molecule has 74 valence electrons. The molecule has 0 aliphatic rings. The van der Waals surface area contributed by atoms with E-state index in [9.17, 15) is 0 Å². The Morgan fingerprint density at radius 1 is 1.08 bits per heavy atom. The van der Waals surface area contributed by atoms with Crippen LogP contribution in [0.15, 0.2) is 30.8 Å².